The van der Waals surface area contributed by atoms with Gasteiger partial charge in [0.2, 0.25) is 5.91 Å². The Morgan fingerprint density at radius 3 is 2.28 bits per heavy atom. The van der Waals surface area contributed by atoms with Crippen molar-refractivity contribution in [1.82, 2.24) is 10.2 Å². The van der Waals surface area contributed by atoms with Crippen LogP contribution in [0.3, 0.4) is 0 Å². The number of hydrogen-bond acceptors (Lipinski definition) is 4. The van der Waals surface area contributed by atoms with Gasteiger partial charge in [-0.15, -0.1) is 0 Å². The van der Waals surface area contributed by atoms with Crippen LogP contribution in [-0.2, 0) is 14.4 Å². The van der Waals surface area contributed by atoms with Gasteiger partial charge in [-0.25, -0.2) is 4.79 Å². The van der Waals surface area contributed by atoms with Crippen molar-refractivity contribution in [3.63, 3.8) is 0 Å². The average Bonchev–Trinajstić information content (AvgIpc) is 3.12. The van der Waals surface area contributed by atoms with E-state index in [-0.39, 0.29) is 29.5 Å². The van der Waals surface area contributed by atoms with Crippen molar-refractivity contribution in [2.75, 3.05) is 20.1 Å². The van der Waals surface area contributed by atoms with E-state index in [2.05, 4.69) is 5.32 Å². The molecule has 1 amide bonds. The molecule has 7 nitrogen and oxygen atoms in total. The molecule has 1 aliphatic carbocycles. The molecule has 1 rings (SSSR count). The molecule has 0 spiro atoms. The predicted octanol–water partition coefficient (Wildman–Crippen LogP) is 2.08. The van der Waals surface area contributed by atoms with E-state index in [1.807, 2.05) is 13.8 Å². The van der Waals surface area contributed by atoms with Gasteiger partial charge in [0.25, 0.3) is 0 Å². The fraction of sp³-hybridized carbons (Fsp3) is 0.722. The normalized spacial score (nSPS) is 18.9. The number of carboxylic acid groups (broad SMARTS) is 2. The summed E-state index contributed by atoms with van der Waals surface area (Å²) in [6, 6.07) is 0. The van der Waals surface area contributed by atoms with Crippen LogP contribution in [-0.4, -0.2) is 53.1 Å². The van der Waals surface area contributed by atoms with Crippen LogP contribution in [0.5, 0.6) is 0 Å². The fourth-order valence-electron chi connectivity index (χ4n) is 2.76. The number of amides is 1. The number of carbonyl (C=O) groups is 3. The first-order valence-corrected chi connectivity index (χ1v) is 8.78. The molecule has 0 aliphatic heterocycles. The average molecular weight is 354 g/mol. The number of rotatable bonds is 12. The van der Waals surface area contributed by atoms with Crippen LogP contribution in [0.1, 0.15) is 52.4 Å². The summed E-state index contributed by atoms with van der Waals surface area (Å²) in [4.78, 5) is 35.5. The Labute approximate surface area is 149 Å². The Hall–Kier alpha value is -1.89. The molecule has 0 aromatic rings. The summed E-state index contributed by atoms with van der Waals surface area (Å²) in [7, 11) is 1.78. The van der Waals surface area contributed by atoms with Gasteiger partial charge in [-0.2, -0.15) is 0 Å². The second-order valence-electron chi connectivity index (χ2n) is 7.49. The number of hydrogen-bond donors (Lipinski definition) is 3. The summed E-state index contributed by atoms with van der Waals surface area (Å²) in [6.07, 6.45) is 6.61. The zero-order valence-corrected chi connectivity index (χ0v) is 15.4. The zero-order chi connectivity index (χ0) is 19.0. The molecule has 0 heterocycles. The largest absolute Gasteiger partial charge is 0.480 e. The maximum Gasteiger partial charge on any atom is 0.352 e. The van der Waals surface area contributed by atoms with Crippen molar-refractivity contribution in [3.05, 3.63) is 11.8 Å². The Kier molecular flexibility index (Phi) is 8.09. The maximum absolute atomic E-state index is 12.0. The van der Waals surface area contributed by atoms with E-state index < -0.39 is 11.9 Å². The van der Waals surface area contributed by atoms with E-state index in [0.29, 0.717) is 6.42 Å². The van der Waals surface area contributed by atoms with Crippen LogP contribution in [0.4, 0.5) is 0 Å². The number of likely N-dealkylation sites (N-methyl/N-ethyl adjacent to an activating group) is 1. The Morgan fingerprint density at radius 2 is 1.76 bits per heavy atom. The highest BCUT2D eigenvalue weighted by Crippen LogP contribution is 2.51. The van der Waals surface area contributed by atoms with Crippen LogP contribution in [0, 0.1) is 11.3 Å². The lowest BCUT2D eigenvalue weighted by Crippen LogP contribution is -2.29. The first kappa shape index (κ1) is 21.2. The molecule has 0 radical (unpaired) electrons. The summed E-state index contributed by atoms with van der Waals surface area (Å²) in [5, 5.41) is 20.4. The number of carboxylic acids is 2. The summed E-state index contributed by atoms with van der Waals surface area (Å²) in [5.74, 6) is -2.24. The highest BCUT2D eigenvalue weighted by atomic mass is 16.4. The van der Waals surface area contributed by atoms with E-state index in [0.717, 1.165) is 38.6 Å². The molecule has 1 saturated carbocycles. The summed E-state index contributed by atoms with van der Waals surface area (Å²) in [5.41, 5.74) is -0.0597. The third-order valence-electron chi connectivity index (χ3n) is 4.57. The molecule has 1 fully saturated rings. The molecule has 142 valence electrons. The molecule has 0 bridgehead atoms. The number of nitrogens with one attached hydrogen (secondary N) is 1. The first-order valence-electron chi connectivity index (χ1n) is 8.78. The summed E-state index contributed by atoms with van der Waals surface area (Å²) >= 11 is 0. The second-order valence-corrected chi connectivity index (χ2v) is 7.49. The highest BCUT2D eigenvalue weighted by molar-refractivity contribution is 5.94. The monoisotopic (exact) mass is 354 g/mol. The SMILES string of the molecule is CN(CCCCCC/C=C(\NC(=O)C1CC1(C)C)C(=O)O)CC(=O)O. The van der Waals surface area contributed by atoms with Gasteiger partial charge in [0, 0.05) is 5.92 Å². The van der Waals surface area contributed by atoms with Gasteiger partial charge in [-0.3, -0.25) is 14.5 Å². The smallest absolute Gasteiger partial charge is 0.352 e. The van der Waals surface area contributed by atoms with Crippen LogP contribution < -0.4 is 5.32 Å². The molecule has 25 heavy (non-hydrogen) atoms. The van der Waals surface area contributed by atoms with E-state index in [1.165, 1.54) is 0 Å². The summed E-state index contributed by atoms with van der Waals surface area (Å²) < 4.78 is 0. The molecule has 3 N–H and O–H groups in total. The zero-order valence-electron chi connectivity index (χ0n) is 15.4. The van der Waals surface area contributed by atoms with E-state index in [4.69, 9.17) is 5.11 Å². The minimum absolute atomic E-state index is 0.0263. The number of unbranched alkanes of at least 4 members (excludes halogenated alkanes) is 4. The molecular formula is C18H30N2O5. The molecule has 0 saturated heterocycles. The van der Waals surface area contributed by atoms with Crippen molar-refractivity contribution in [3.8, 4) is 0 Å². The minimum atomic E-state index is -1.11. The molecule has 1 aliphatic rings. The maximum atomic E-state index is 12.0. The van der Waals surface area contributed by atoms with Gasteiger partial charge in [-0.1, -0.05) is 32.8 Å². The molecule has 1 unspecified atom stereocenters. The van der Waals surface area contributed by atoms with Crippen LogP contribution >= 0.6 is 0 Å². The lowest BCUT2D eigenvalue weighted by molar-refractivity contribution is -0.138. The lowest BCUT2D eigenvalue weighted by atomic mass is 10.1. The van der Waals surface area contributed by atoms with Crippen molar-refractivity contribution in [1.29, 1.82) is 0 Å². The number of allylic oxidation sites excluding steroid dienone is 1. The molecule has 0 aromatic heterocycles. The van der Waals surface area contributed by atoms with Crippen LogP contribution in [0.2, 0.25) is 0 Å². The van der Waals surface area contributed by atoms with Crippen molar-refractivity contribution >= 4 is 17.8 Å². The van der Waals surface area contributed by atoms with Gasteiger partial charge in [-0.05, 0) is 44.7 Å². The number of aliphatic carboxylic acids is 2. The Balaban J connectivity index is 2.22. The van der Waals surface area contributed by atoms with Crippen LogP contribution in [0.15, 0.2) is 11.8 Å². The minimum Gasteiger partial charge on any atom is -0.480 e. The Bertz CT molecular complexity index is 528. The van der Waals surface area contributed by atoms with E-state index >= 15 is 0 Å². The highest BCUT2D eigenvalue weighted by Gasteiger charge is 2.50. The molecule has 7 heteroatoms. The fourth-order valence-corrected chi connectivity index (χ4v) is 2.76. The lowest BCUT2D eigenvalue weighted by Gasteiger charge is -2.13. The van der Waals surface area contributed by atoms with E-state index in [9.17, 15) is 19.5 Å². The van der Waals surface area contributed by atoms with Gasteiger partial charge in [0.05, 0.1) is 6.54 Å². The number of nitrogens with zero attached hydrogens (tertiary/aromatic N) is 1. The standard InChI is InChI=1S/C18H30N2O5/c1-18(2)11-13(18)16(23)19-14(17(24)25)9-7-5-4-6-8-10-20(3)12-15(21)22/h9,13H,4-8,10-12H2,1-3H3,(H,19,23)(H,21,22)(H,24,25)/b14-9-. The predicted molar refractivity (Wildman–Crippen MR) is 94.0 cm³/mol. The van der Waals surface area contributed by atoms with Crippen molar-refractivity contribution in [2.45, 2.75) is 52.4 Å². The van der Waals surface area contributed by atoms with Gasteiger partial charge in [0.15, 0.2) is 0 Å². The summed E-state index contributed by atoms with van der Waals surface area (Å²) in [6.45, 7) is 4.77. The van der Waals surface area contributed by atoms with Crippen LogP contribution in [0.25, 0.3) is 0 Å². The first-order chi connectivity index (χ1) is 11.6. The van der Waals surface area contributed by atoms with Gasteiger partial charge >= 0.3 is 11.9 Å². The molecular weight excluding hydrogens is 324 g/mol. The van der Waals surface area contributed by atoms with Gasteiger partial charge in [0.1, 0.15) is 5.70 Å². The van der Waals surface area contributed by atoms with Crippen molar-refractivity contribution < 1.29 is 24.6 Å². The third kappa shape index (κ3) is 8.16. The quantitative estimate of drug-likeness (QED) is 0.366. The second kappa shape index (κ2) is 9.56. The van der Waals surface area contributed by atoms with Crippen molar-refractivity contribution in [2.24, 2.45) is 11.3 Å². The van der Waals surface area contributed by atoms with Gasteiger partial charge < -0.3 is 15.5 Å². The third-order valence-corrected chi connectivity index (χ3v) is 4.57. The molecule has 1 atom stereocenters. The van der Waals surface area contributed by atoms with E-state index in [1.54, 1.807) is 18.0 Å². The number of carbonyl (C=O) groups excluding carboxylic acids is 1. The molecule has 0 aromatic carbocycles. The Morgan fingerprint density at radius 1 is 1.16 bits per heavy atom. The topological polar surface area (TPSA) is 107 Å².